The molecule has 296 valence electrons. The molecule has 1 N–H and O–H groups in total. The molecule has 0 bridgehead atoms. The first-order valence-electron chi connectivity index (χ1n) is 23.6. The van der Waals surface area contributed by atoms with Crippen molar-refractivity contribution in [1.29, 1.82) is 0 Å². The first kappa shape index (κ1) is 31.7. The number of rotatable bonds is 6. The molecule has 0 aliphatic carbocycles. The predicted molar refractivity (Wildman–Crippen MR) is 249 cm³/mol. The molecule has 2 heterocycles. The number of imidazole rings is 1. The van der Waals surface area contributed by atoms with Crippen molar-refractivity contribution in [3.63, 3.8) is 0 Å². The summed E-state index contributed by atoms with van der Waals surface area (Å²) in [5.74, 6) is 0.708. The minimum Gasteiger partial charge on any atom is -0.507 e. The molecule has 59 heavy (non-hydrogen) atoms. The molecule has 0 aliphatic heterocycles. The number of nitrogens with zero attached hydrogens (tertiary/aromatic N) is 3. The lowest BCUT2D eigenvalue weighted by Gasteiger charge is -2.23. The Labute approximate surface area is 360 Å². The van der Waals surface area contributed by atoms with Crippen molar-refractivity contribution < 1.29 is 14.7 Å². The van der Waals surface area contributed by atoms with Crippen LogP contribution in [0.3, 0.4) is 0 Å². The molecule has 2 aromatic heterocycles. The van der Waals surface area contributed by atoms with Crippen LogP contribution in [0.25, 0.3) is 72.7 Å². The third-order valence-electron chi connectivity index (χ3n) is 11.1. The lowest BCUT2D eigenvalue weighted by Crippen LogP contribution is -2.12. The third kappa shape index (κ3) is 7.84. The Morgan fingerprint density at radius 2 is 1.20 bits per heavy atom. The highest BCUT2D eigenvalue weighted by Crippen LogP contribution is 2.43. The van der Waals surface area contributed by atoms with E-state index in [1.807, 2.05) is 42.5 Å². The zero-order chi connectivity index (χ0) is 47.8. The number of phenolic OH excluding ortho intramolecular Hbond substituents is 1. The van der Waals surface area contributed by atoms with E-state index in [0.29, 0.717) is 22.6 Å². The number of benzene rings is 6. The van der Waals surface area contributed by atoms with Gasteiger partial charge in [0.05, 0.1) is 33.5 Å². The molecule has 0 saturated heterocycles. The molecule has 0 atom stereocenters. The zero-order valence-electron chi connectivity index (χ0n) is 42.3. The van der Waals surface area contributed by atoms with Gasteiger partial charge >= 0.3 is 0 Å². The van der Waals surface area contributed by atoms with Crippen molar-refractivity contribution in [1.82, 2.24) is 14.5 Å². The van der Waals surface area contributed by atoms with Crippen molar-refractivity contribution >= 4 is 11.0 Å². The first-order valence-corrected chi connectivity index (χ1v) is 20.1. The topological polar surface area (TPSA) is 50.9 Å². The Bertz CT molecular complexity index is 3160. The summed E-state index contributed by atoms with van der Waals surface area (Å²) in [6.07, 6.45) is 1.57. The minimum absolute atomic E-state index is 0.000809. The standard InChI is InChI=1S/C55H55N3O/c1-35-19-21-36(22-20-35)38-27-28-56-47(32-38)40-29-39(30-43(31-40)55(8,9)10)44-17-14-18-49-51(44)57-52(46-34-42(54(5,6)7)24-26-50(46)59)58(49)48-25-23-41(53(2,3)4)33-45(48)37-15-12-11-13-16-37/h11-34,59H,1-10H3/i1D3,19D,20D,21D,22D. The van der Waals surface area contributed by atoms with Crippen LogP contribution in [0.15, 0.2) is 146 Å². The van der Waals surface area contributed by atoms with E-state index in [1.165, 1.54) is 5.56 Å². The molecule has 0 amide bonds. The van der Waals surface area contributed by atoms with Crippen LogP contribution < -0.4 is 0 Å². The van der Waals surface area contributed by atoms with Crippen LogP contribution in [0.4, 0.5) is 0 Å². The van der Waals surface area contributed by atoms with E-state index >= 15 is 0 Å². The lowest BCUT2D eigenvalue weighted by atomic mass is 9.83. The quantitative estimate of drug-likeness (QED) is 0.183. The van der Waals surface area contributed by atoms with Crippen LogP contribution in [0.2, 0.25) is 0 Å². The van der Waals surface area contributed by atoms with Gasteiger partial charge in [0.1, 0.15) is 11.6 Å². The van der Waals surface area contributed by atoms with Crippen molar-refractivity contribution in [2.45, 2.75) is 85.4 Å². The van der Waals surface area contributed by atoms with Gasteiger partial charge in [-0.1, -0.05) is 153 Å². The van der Waals surface area contributed by atoms with Gasteiger partial charge in [-0.3, -0.25) is 9.55 Å². The molecule has 0 radical (unpaired) electrons. The Kier molecular flexibility index (Phi) is 7.97. The number of para-hydroxylation sites is 1. The third-order valence-corrected chi connectivity index (χ3v) is 11.1. The smallest absolute Gasteiger partial charge is 0.149 e. The second-order valence-electron chi connectivity index (χ2n) is 18.5. The zero-order valence-corrected chi connectivity index (χ0v) is 35.3. The van der Waals surface area contributed by atoms with Crippen LogP contribution in [0.1, 0.15) is 94.2 Å². The fraction of sp³-hybridized carbons (Fsp3) is 0.236. The number of pyridine rings is 1. The largest absolute Gasteiger partial charge is 0.507 e. The maximum atomic E-state index is 11.8. The SMILES string of the molecule is [2H]c1c([2H])c(C([2H])([2H])[2H])c([2H])c([2H])c1-c1ccnc(-c2cc(-c3cccc4c3nc(-c3cc(C(C)(C)C)ccc3O)n4-c3ccc(C(C)(C)C)cc3-c3ccccc3)cc(C(C)(C)C)c2)c1. The van der Waals surface area contributed by atoms with Gasteiger partial charge in [-0.15, -0.1) is 0 Å². The van der Waals surface area contributed by atoms with Gasteiger partial charge < -0.3 is 5.11 Å². The van der Waals surface area contributed by atoms with E-state index in [-0.39, 0.29) is 27.6 Å². The van der Waals surface area contributed by atoms with Crippen LogP contribution in [-0.2, 0) is 16.2 Å². The van der Waals surface area contributed by atoms with Gasteiger partial charge in [0.25, 0.3) is 0 Å². The molecule has 6 aromatic carbocycles. The maximum absolute atomic E-state index is 11.8. The van der Waals surface area contributed by atoms with Crippen molar-refractivity contribution in [2.24, 2.45) is 0 Å². The second-order valence-corrected chi connectivity index (χ2v) is 18.5. The van der Waals surface area contributed by atoms with E-state index in [9.17, 15) is 5.11 Å². The first-order chi connectivity index (χ1) is 30.8. The summed E-state index contributed by atoms with van der Waals surface area (Å²) in [4.78, 5) is 10.3. The predicted octanol–water partition coefficient (Wildman–Crippen LogP) is 14.7. The highest BCUT2D eigenvalue weighted by Gasteiger charge is 2.26. The van der Waals surface area contributed by atoms with Crippen molar-refractivity contribution in [2.75, 3.05) is 0 Å². The number of aromatic hydroxyl groups is 1. The van der Waals surface area contributed by atoms with Gasteiger partial charge in [-0.25, -0.2) is 4.98 Å². The van der Waals surface area contributed by atoms with E-state index in [2.05, 4.69) is 121 Å². The highest BCUT2D eigenvalue weighted by atomic mass is 16.3. The van der Waals surface area contributed by atoms with Gasteiger partial charge in [-0.2, -0.15) is 0 Å². The van der Waals surface area contributed by atoms with Gasteiger partial charge in [0.2, 0.25) is 0 Å². The van der Waals surface area contributed by atoms with E-state index in [4.69, 9.17) is 19.6 Å². The van der Waals surface area contributed by atoms with E-state index < -0.39 is 36.6 Å². The average Bonchev–Trinajstić information content (AvgIpc) is 3.64. The number of aromatic nitrogens is 3. The monoisotopic (exact) mass is 780 g/mol. The number of hydrogen-bond donors (Lipinski definition) is 1. The Balaban J connectivity index is 1.40. The van der Waals surface area contributed by atoms with Gasteiger partial charge in [0, 0.05) is 27.0 Å². The van der Waals surface area contributed by atoms with Gasteiger partial charge in [0.15, 0.2) is 0 Å². The van der Waals surface area contributed by atoms with Gasteiger partial charge in [-0.05, 0) is 117 Å². The molecular weight excluding hydrogens is 719 g/mol. The average molecular weight is 781 g/mol. The van der Waals surface area contributed by atoms with Crippen LogP contribution in [0.5, 0.6) is 5.75 Å². The number of phenols is 1. The second kappa shape index (κ2) is 14.8. The maximum Gasteiger partial charge on any atom is 0.149 e. The Morgan fingerprint density at radius 1 is 0.542 bits per heavy atom. The molecule has 0 unspecified atom stereocenters. The summed E-state index contributed by atoms with van der Waals surface area (Å²) in [6, 6.07) is 36.5. The molecule has 0 fully saturated rings. The van der Waals surface area contributed by atoms with Crippen molar-refractivity contribution in [3.05, 3.63) is 168 Å². The summed E-state index contributed by atoms with van der Waals surface area (Å²) in [7, 11) is 0. The Hall–Kier alpha value is -6.26. The van der Waals surface area contributed by atoms with Crippen LogP contribution in [0, 0.1) is 6.85 Å². The van der Waals surface area contributed by atoms with Crippen molar-refractivity contribution in [3.8, 4) is 67.5 Å². The summed E-state index contributed by atoms with van der Waals surface area (Å²) in [6.45, 7) is 16.7. The molecule has 0 saturated carbocycles. The molecule has 8 aromatic rings. The fourth-order valence-corrected chi connectivity index (χ4v) is 7.55. The molecule has 0 aliphatic rings. The molecule has 4 heteroatoms. The van der Waals surface area contributed by atoms with Crippen LogP contribution in [-0.4, -0.2) is 19.6 Å². The summed E-state index contributed by atoms with van der Waals surface area (Å²) in [5, 5.41) is 11.8. The lowest BCUT2D eigenvalue weighted by molar-refractivity contribution is 0.475. The molecular formula is C55H55N3O. The Morgan fingerprint density at radius 3 is 1.88 bits per heavy atom. The molecule has 4 nitrogen and oxygen atoms in total. The number of hydrogen-bond acceptors (Lipinski definition) is 3. The molecule has 8 rings (SSSR count). The number of fused-ring (bicyclic) bond motifs is 1. The minimum atomic E-state index is -2.82. The normalized spacial score (nSPS) is 14.2. The summed E-state index contributed by atoms with van der Waals surface area (Å²) < 4.78 is 60.6. The van der Waals surface area contributed by atoms with E-state index in [1.54, 1.807) is 24.4 Å². The highest BCUT2D eigenvalue weighted by molar-refractivity contribution is 5.97. The summed E-state index contributed by atoms with van der Waals surface area (Å²) in [5.41, 5.74) is 10.6. The van der Waals surface area contributed by atoms with E-state index in [0.717, 1.165) is 55.7 Å². The molecule has 0 spiro atoms. The summed E-state index contributed by atoms with van der Waals surface area (Å²) >= 11 is 0. The van der Waals surface area contributed by atoms with Crippen LogP contribution >= 0.6 is 0 Å². The fourth-order valence-electron chi connectivity index (χ4n) is 7.55.